The van der Waals surface area contributed by atoms with E-state index >= 15 is 0 Å². The van der Waals surface area contributed by atoms with Crippen LogP contribution in [-0.4, -0.2) is 61.0 Å². The minimum absolute atomic E-state index is 0.104. The van der Waals surface area contributed by atoms with Gasteiger partial charge in [0.05, 0.1) is 22.9 Å². The molecule has 0 aliphatic carbocycles. The van der Waals surface area contributed by atoms with E-state index in [-0.39, 0.29) is 23.8 Å². The Morgan fingerprint density at radius 2 is 1.74 bits per heavy atom. The molecule has 0 radical (unpaired) electrons. The highest BCUT2D eigenvalue weighted by Gasteiger charge is 2.49. The summed E-state index contributed by atoms with van der Waals surface area (Å²) in [6, 6.07) is 22.5. The van der Waals surface area contributed by atoms with E-state index in [1.807, 2.05) is 36.4 Å². The molecule has 2 aromatic carbocycles. The van der Waals surface area contributed by atoms with Gasteiger partial charge in [0.15, 0.2) is 5.72 Å². The number of hydrogen-bond acceptors (Lipinski definition) is 7. The van der Waals surface area contributed by atoms with E-state index in [1.54, 1.807) is 34.8 Å². The summed E-state index contributed by atoms with van der Waals surface area (Å²) >= 11 is 5.98. The molecule has 3 aliphatic rings. The van der Waals surface area contributed by atoms with Crippen LogP contribution in [0.1, 0.15) is 24.1 Å². The molecule has 0 amide bonds. The number of benzene rings is 2. The monoisotopic (exact) mass is 566 g/mol. The Bertz CT molecular complexity index is 1410. The normalized spacial score (nSPS) is 24.5. The lowest BCUT2D eigenvalue weighted by Gasteiger charge is -2.45. The van der Waals surface area contributed by atoms with Crippen molar-refractivity contribution in [2.24, 2.45) is 5.92 Å². The molecule has 1 aromatic heterocycles. The first-order valence-electron chi connectivity index (χ1n) is 13.1. The summed E-state index contributed by atoms with van der Waals surface area (Å²) in [5.41, 5.74) is 2.23. The Morgan fingerprint density at radius 1 is 1.00 bits per heavy atom. The average Bonchev–Trinajstić information content (AvgIpc) is 3.63. The van der Waals surface area contributed by atoms with Crippen LogP contribution < -0.4 is 5.32 Å². The minimum Gasteiger partial charge on any atom is -0.362 e. The second-order valence-electron chi connectivity index (χ2n) is 10.2. The molecule has 0 bridgehead atoms. The van der Waals surface area contributed by atoms with Gasteiger partial charge < -0.3 is 19.7 Å². The maximum absolute atomic E-state index is 13.3. The van der Waals surface area contributed by atoms with Crippen molar-refractivity contribution in [3.05, 3.63) is 101 Å². The molecular formula is C29H31ClN4O4S. The average molecular weight is 567 g/mol. The van der Waals surface area contributed by atoms with E-state index in [2.05, 4.69) is 33.5 Å². The predicted molar refractivity (Wildman–Crippen MR) is 149 cm³/mol. The van der Waals surface area contributed by atoms with Crippen LogP contribution in [0.5, 0.6) is 0 Å². The summed E-state index contributed by atoms with van der Waals surface area (Å²) in [7, 11) is -3.59. The van der Waals surface area contributed by atoms with Gasteiger partial charge in [-0.25, -0.2) is 8.42 Å². The zero-order chi connectivity index (χ0) is 26.9. The summed E-state index contributed by atoms with van der Waals surface area (Å²) in [4.78, 5) is 7.09. The van der Waals surface area contributed by atoms with E-state index in [0.29, 0.717) is 44.0 Å². The quantitative estimate of drug-likeness (QED) is 0.456. The van der Waals surface area contributed by atoms with Gasteiger partial charge in [-0.3, -0.25) is 4.98 Å². The number of hydrogen-bond donors (Lipinski definition) is 1. The predicted octanol–water partition coefficient (Wildman–Crippen LogP) is 4.31. The standard InChI is InChI=1S/C29H31ClN4O4S/c30-24-9-11-25(12-10-24)39(35,36)33-16-13-23(14-17-33)28-32-27(26-8-4-5-15-31-26)19-34(28)29(20-37-21-38-29)18-22-6-2-1-3-7-22/h1-12,15,19,23,28,32H,13-14,16-18,20-21H2. The fraction of sp³-hybridized carbons (Fsp3) is 0.345. The summed E-state index contributed by atoms with van der Waals surface area (Å²) in [6.45, 7) is 1.52. The lowest BCUT2D eigenvalue weighted by Crippen LogP contribution is -2.58. The van der Waals surface area contributed by atoms with Gasteiger partial charge in [0.2, 0.25) is 10.0 Å². The molecule has 0 saturated carbocycles. The Balaban J connectivity index is 1.26. The van der Waals surface area contributed by atoms with Crippen molar-refractivity contribution in [3.8, 4) is 0 Å². The van der Waals surface area contributed by atoms with Gasteiger partial charge in [0.25, 0.3) is 0 Å². The van der Waals surface area contributed by atoms with Gasteiger partial charge in [0.1, 0.15) is 13.0 Å². The topological polar surface area (TPSA) is 84.0 Å². The molecule has 204 valence electrons. The van der Waals surface area contributed by atoms with Crippen LogP contribution in [0.4, 0.5) is 0 Å². The van der Waals surface area contributed by atoms with Crippen LogP contribution in [0, 0.1) is 5.92 Å². The molecule has 39 heavy (non-hydrogen) atoms. The third-order valence-corrected chi connectivity index (χ3v) is 9.91. The molecule has 2 saturated heterocycles. The van der Waals surface area contributed by atoms with Crippen molar-refractivity contribution in [2.45, 2.75) is 36.0 Å². The Kier molecular flexibility index (Phi) is 7.35. The molecule has 3 aliphatic heterocycles. The number of rotatable bonds is 7. The summed E-state index contributed by atoms with van der Waals surface area (Å²) in [5.74, 6) is 0.177. The molecule has 2 unspecified atom stereocenters. The van der Waals surface area contributed by atoms with Crippen LogP contribution in [0.15, 0.2) is 90.1 Å². The molecule has 8 nitrogen and oxygen atoms in total. The molecule has 1 N–H and O–H groups in total. The van der Waals surface area contributed by atoms with Crippen LogP contribution in [0.3, 0.4) is 0 Å². The summed E-state index contributed by atoms with van der Waals surface area (Å²) in [6.07, 6.45) is 5.83. The third kappa shape index (κ3) is 5.29. The van der Waals surface area contributed by atoms with Crippen molar-refractivity contribution in [1.29, 1.82) is 0 Å². The highest BCUT2D eigenvalue weighted by molar-refractivity contribution is 7.89. The lowest BCUT2D eigenvalue weighted by atomic mass is 9.92. The molecule has 6 rings (SSSR count). The van der Waals surface area contributed by atoms with Crippen molar-refractivity contribution < 1.29 is 17.9 Å². The van der Waals surface area contributed by atoms with Crippen molar-refractivity contribution in [2.75, 3.05) is 26.5 Å². The van der Waals surface area contributed by atoms with Crippen LogP contribution >= 0.6 is 11.6 Å². The van der Waals surface area contributed by atoms with Gasteiger partial charge >= 0.3 is 0 Å². The number of aromatic nitrogens is 1. The number of pyridine rings is 1. The van der Waals surface area contributed by atoms with Crippen LogP contribution in [-0.2, 0) is 25.9 Å². The second-order valence-corrected chi connectivity index (χ2v) is 12.5. The van der Waals surface area contributed by atoms with Crippen LogP contribution in [0.25, 0.3) is 5.70 Å². The molecule has 2 atom stereocenters. The zero-order valence-electron chi connectivity index (χ0n) is 21.4. The van der Waals surface area contributed by atoms with Crippen LogP contribution in [0.2, 0.25) is 5.02 Å². The summed E-state index contributed by atoms with van der Waals surface area (Å²) < 4.78 is 40.3. The van der Waals surface area contributed by atoms with Gasteiger partial charge in [0, 0.05) is 42.8 Å². The van der Waals surface area contributed by atoms with Gasteiger partial charge in [-0.2, -0.15) is 4.31 Å². The Hall–Kier alpha value is -2.95. The molecular weight excluding hydrogens is 536 g/mol. The number of halogens is 1. The largest absolute Gasteiger partial charge is 0.362 e. The van der Waals surface area contributed by atoms with Crippen molar-refractivity contribution >= 4 is 27.3 Å². The summed E-state index contributed by atoms with van der Waals surface area (Å²) in [5, 5.41) is 4.23. The first kappa shape index (κ1) is 26.3. The third-order valence-electron chi connectivity index (χ3n) is 7.74. The van der Waals surface area contributed by atoms with Gasteiger partial charge in [-0.1, -0.05) is 48.0 Å². The van der Waals surface area contributed by atoms with E-state index in [4.69, 9.17) is 21.1 Å². The highest BCUT2D eigenvalue weighted by atomic mass is 35.5. The number of sulfonamides is 1. The molecule has 10 heteroatoms. The Labute approximate surface area is 234 Å². The van der Waals surface area contributed by atoms with Gasteiger partial charge in [-0.15, -0.1) is 0 Å². The van der Waals surface area contributed by atoms with Crippen molar-refractivity contribution in [1.82, 2.24) is 19.5 Å². The number of nitrogens with zero attached hydrogens (tertiary/aromatic N) is 3. The first-order valence-corrected chi connectivity index (χ1v) is 15.0. The van der Waals surface area contributed by atoms with Crippen molar-refractivity contribution in [3.63, 3.8) is 0 Å². The lowest BCUT2D eigenvalue weighted by molar-refractivity contribution is -0.119. The van der Waals surface area contributed by atoms with E-state index in [1.165, 1.54) is 0 Å². The second kappa shape index (κ2) is 10.9. The SMILES string of the molecule is O=S(=O)(c1ccc(Cl)cc1)N1CCC(C2NC(c3ccccn3)=CN2C2(Cc3ccccc3)COCO2)CC1. The number of piperidine rings is 1. The van der Waals surface area contributed by atoms with E-state index in [0.717, 1.165) is 17.0 Å². The van der Waals surface area contributed by atoms with E-state index < -0.39 is 15.7 Å². The molecule has 4 heterocycles. The van der Waals surface area contributed by atoms with E-state index in [9.17, 15) is 8.42 Å². The minimum atomic E-state index is -3.59. The smallest absolute Gasteiger partial charge is 0.243 e. The molecule has 3 aromatic rings. The zero-order valence-corrected chi connectivity index (χ0v) is 23.0. The number of ether oxygens (including phenoxy) is 2. The molecule has 2 fully saturated rings. The highest BCUT2D eigenvalue weighted by Crippen LogP contribution is 2.39. The molecule has 0 spiro atoms. The fourth-order valence-electron chi connectivity index (χ4n) is 5.70. The number of nitrogens with one attached hydrogen (secondary N) is 1. The Morgan fingerprint density at radius 3 is 2.41 bits per heavy atom. The fourth-order valence-corrected chi connectivity index (χ4v) is 7.30. The van der Waals surface area contributed by atoms with Gasteiger partial charge in [-0.05, 0) is 54.8 Å². The maximum atomic E-state index is 13.3. The maximum Gasteiger partial charge on any atom is 0.243 e. The first-order chi connectivity index (χ1) is 18.9.